The predicted molar refractivity (Wildman–Crippen MR) is 104 cm³/mol. The van der Waals surface area contributed by atoms with Crippen LogP contribution in [0.15, 0.2) is 15.1 Å². The number of quaternary nitrogens is 1. The number of H-pyrrole nitrogens is 1. The van der Waals surface area contributed by atoms with Crippen LogP contribution in [0.1, 0.15) is 20.3 Å². The Morgan fingerprint density at radius 3 is 2.82 bits per heavy atom. The number of hydroxylamine groups is 3. The van der Waals surface area contributed by atoms with E-state index < -0.39 is 22.1 Å². The predicted octanol–water partition coefficient (Wildman–Crippen LogP) is 0.529. The molecule has 0 bridgehead atoms. The molecule has 5 atom stereocenters. The van der Waals surface area contributed by atoms with E-state index in [4.69, 9.17) is 0 Å². The number of carboxylic acids is 1. The van der Waals surface area contributed by atoms with E-state index in [9.17, 15) is 25.0 Å². The highest BCUT2D eigenvalue weighted by atomic mass is 32.2. The van der Waals surface area contributed by atoms with E-state index in [-0.39, 0.29) is 28.6 Å². The number of aromatic amines is 1. The minimum Gasteiger partial charge on any atom is -0.626 e. The summed E-state index contributed by atoms with van der Waals surface area (Å²) < 4.78 is -0.737. The molecule has 14 heteroatoms. The third-order valence-corrected chi connectivity index (χ3v) is 8.72. The van der Waals surface area contributed by atoms with Crippen molar-refractivity contribution in [1.29, 1.82) is 0 Å². The van der Waals surface area contributed by atoms with Gasteiger partial charge in [0.15, 0.2) is 5.37 Å². The van der Waals surface area contributed by atoms with Gasteiger partial charge in [0.25, 0.3) is 0 Å². The largest absolute Gasteiger partial charge is 0.626 e. The second kappa shape index (κ2) is 8.59. The van der Waals surface area contributed by atoms with Gasteiger partial charge in [0.05, 0.1) is 23.1 Å². The van der Waals surface area contributed by atoms with Crippen LogP contribution in [0.3, 0.4) is 0 Å². The minimum atomic E-state index is -1.25. The van der Waals surface area contributed by atoms with Gasteiger partial charge in [-0.1, -0.05) is 23.5 Å². The number of rotatable bonds is 9. The first-order chi connectivity index (χ1) is 13.2. The maximum Gasteiger partial charge on any atom is 0.392 e. The first-order valence-electron chi connectivity index (χ1n) is 8.45. The number of amides is 1. The highest BCUT2D eigenvalue weighted by molar-refractivity contribution is 8.28. The SMILES string of the molecule is CC(=O)NCCC(SC1=C(C(=O)O)[N+]2([O-])C[C@@H]([C@@H](C)O)[C@H]2S1)Sc1nn[nH]n1. The van der Waals surface area contributed by atoms with E-state index >= 15 is 0 Å². The normalized spacial score (nSPS) is 28.4. The molecular weight excluding hydrogens is 428 g/mol. The Morgan fingerprint density at radius 1 is 1.50 bits per heavy atom. The fourth-order valence-electron chi connectivity index (χ4n) is 3.06. The molecule has 1 saturated heterocycles. The Kier molecular flexibility index (Phi) is 6.56. The molecule has 0 saturated carbocycles. The van der Waals surface area contributed by atoms with E-state index in [0.29, 0.717) is 22.4 Å². The van der Waals surface area contributed by atoms with Crippen LogP contribution in [0.25, 0.3) is 0 Å². The second-order valence-corrected chi connectivity index (χ2v) is 10.5. The van der Waals surface area contributed by atoms with Crippen LogP contribution >= 0.6 is 35.3 Å². The zero-order chi connectivity index (χ0) is 20.5. The van der Waals surface area contributed by atoms with Crippen LogP contribution in [0.5, 0.6) is 0 Å². The smallest absolute Gasteiger partial charge is 0.392 e. The summed E-state index contributed by atoms with van der Waals surface area (Å²) in [5.41, 5.74) is -0.185. The summed E-state index contributed by atoms with van der Waals surface area (Å²) in [6.07, 6.45) is -0.176. The van der Waals surface area contributed by atoms with Crippen molar-refractivity contribution < 1.29 is 24.4 Å². The number of nitrogens with one attached hydrogen (secondary N) is 2. The summed E-state index contributed by atoms with van der Waals surface area (Å²) in [5, 5.41) is 48.8. The van der Waals surface area contributed by atoms with E-state index in [1.165, 1.54) is 42.2 Å². The molecule has 1 fully saturated rings. The van der Waals surface area contributed by atoms with Gasteiger partial charge in [-0.2, -0.15) is 5.21 Å². The molecule has 1 aromatic heterocycles. The number of aliphatic hydroxyl groups excluding tert-OH is 1. The Labute approximate surface area is 173 Å². The number of thioether (sulfide) groups is 3. The quantitative estimate of drug-likeness (QED) is 0.180. The van der Waals surface area contributed by atoms with Crippen LogP contribution in [-0.4, -0.2) is 76.5 Å². The fraction of sp³-hybridized carbons (Fsp3) is 0.643. The fourth-order valence-corrected chi connectivity index (χ4v) is 7.75. The van der Waals surface area contributed by atoms with Crippen molar-refractivity contribution in [2.24, 2.45) is 5.92 Å². The van der Waals surface area contributed by atoms with Crippen molar-refractivity contribution in [3.8, 4) is 0 Å². The van der Waals surface area contributed by atoms with Crippen molar-refractivity contribution in [3.05, 3.63) is 15.1 Å². The molecule has 3 heterocycles. The molecule has 4 N–H and O–H groups in total. The number of fused-ring (bicyclic) bond motifs is 1. The molecule has 2 aliphatic rings. The summed E-state index contributed by atoms with van der Waals surface area (Å²) in [6, 6.07) is 0. The average Bonchev–Trinajstić information content (AvgIpc) is 3.15. The molecule has 0 spiro atoms. The standard InChI is InChI=1S/C14H20N6O5S3/c1-6(21)8-5-20(25)10(12(23)24)13(28-11(8)20)26-9(3-4-15-7(2)22)27-14-16-18-19-17-14/h6,8-9,11,21H,3-5H2,1-2H3,(H,15,22)(H,23,24)(H,16,17,18,19)/t6-,8+,9?,11-,20?/m1/s1. The third-order valence-electron chi connectivity index (χ3n) is 4.44. The molecule has 1 aromatic rings. The van der Waals surface area contributed by atoms with Gasteiger partial charge >= 0.3 is 5.97 Å². The van der Waals surface area contributed by atoms with Crippen LogP contribution in [0, 0.1) is 11.1 Å². The van der Waals surface area contributed by atoms with Gasteiger partial charge in [-0.05, 0) is 30.3 Å². The van der Waals surface area contributed by atoms with Crippen molar-refractivity contribution >= 4 is 47.2 Å². The number of aromatic nitrogens is 4. The Morgan fingerprint density at radius 2 is 2.25 bits per heavy atom. The van der Waals surface area contributed by atoms with E-state index in [1.807, 2.05) is 0 Å². The van der Waals surface area contributed by atoms with Gasteiger partial charge in [0.2, 0.25) is 16.8 Å². The zero-order valence-corrected chi connectivity index (χ0v) is 17.5. The number of hydrogen-bond donors (Lipinski definition) is 4. The Bertz CT molecular complexity index is 776. The maximum absolute atomic E-state index is 13.1. The van der Waals surface area contributed by atoms with E-state index in [1.54, 1.807) is 6.92 Å². The number of hydrogen-bond acceptors (Lipinski definition) is 10. The highest BCUT2D eigenvalue weighted by Crippen LogP contribution is 2.59. The van der Waals surface area contributed by atoms with Crippen LogP contribution in [0.4, 0.5) is 0 Å². The topological polar surface area (TPSA) is 164 Å². The Balaban J connectivity index is 1.78. The maximum atomic E-state index is 13.1. The lowest BCUT2D eigenvalue weighted by Crippen LogP contribution is -2.66. The van der Waals surface area contributed by atoms with Gasteiger partial charge in [0, 0.05) is 13.5 Å². The second-order valence-electron chi connectivity index (χ2n) is 6.46. The molecule has 0 radical (unpaired) electrons. The Hall–Kier alpha value is -1.32. The molecule has 0 aromatic carbocycles. The number of aliphatic carboxylic acids is 1. The van der Waals surface area contributed by atoms with Crippen molar-refractivity contribution in [2.75, 3.05) is 13.1 Å². The van der Waals surface area contributed by atoms with Crippen molar-refractivity contribution in [3.63, 3.8) is 0 Å². The molecule has 11 nitrogen and oxygen atoms in total. The van der Waals surface area contributed by atoms with Gasteiger partial charge < -0.3 is 25.4 Å². The molecule has 28 heavy (non-hydrogen) atoms. The highest BCUT2D eigenvalue weighted by Gasteiger charge is 2.61. The summed E-state index contributed by atoms with van der Waals surface area (Å²) in [7, 11) is 0. The number of tetrazole rings is 1. The number of carboxylic acid groups (broad SMARTS) is 1. The first-order valence-corrected chi connectivity index (χ1v) is 11.1. The summed E-state index contributed by atoms with van der Waals surface area (Å²) in [4.78, 5) is 23.0. The van der Waals surface area contributed by atoms with Crippen LogP contribution in [-0.2, 0) is 9.59 Å². The molecule has 3 rings (SSSR count). The first kappa shape index (κ1) is 21.4. The summed E-state index contributed by atoms with van der Waals surface area (Å²) >= 11 is 3.74. The third kappa shape index (κ3) is 4.31. The number of carbonyl (C=O) groups excluding carboxylic acids is 1. The average molecular weight is 449 g/mol. The molecule has 0 aliphatic carbocycles. The van der Waals surface area contributed by atoms with Gasteiger partial charge in [-0.25, -0.2) is 4.79 Å². The summed E-state index contributed by atoms with van der Waals surface area (Å²) in [6.45, 7) is 3.46. The summed E-state index contributed by atoms with van der Waals surface area (Å²) in [5.74, 6) is -1.67. The molecule has 1 amide bonds. The zero-order valence-electron chi connectivity index (χ0n) is 15.1. The van der Waals surface area contributed by atoms with Crippen LogP contribution in [0.2, 0.25) is 0 Å². The van der Waals surface area contributed by atoms with Gasteiger partial charge in [0.1, 0.15) is 4.24 Å². The molecular formula is C14H20N6O5S3. The van der Waals surface area contributed by atoms with Crippen molar-refractivity contribution in [2.45, 2.75) is 41.5 Å². The number of nitrogens with zero attached hydrogens (tertiary/aromatic N) is 4. The van der Waals surface area contributed by atoms with Crippen molar-refractivity contribution in [1.82, 2.24) is 25.9 Å². The van der Waals surface area contributed by atoms with E-state index in [0.717, 1.165) is 0 Å². The number of carbonyl (C=O) groups is 2. The monoisotopic (exact) mass is 448 g/mol. The minimum absolute atomic E-state index is 0.0512. The molecule has 2 aliphatic heterocycles. The van der Waals surface area contributed by atoms with E-state index in [2.05, 4.69) is 25.9 Å². The lowest BCUT2D eigenvalue weighted by Gasteiger charge is -2.56. The number of aliphatic hydroxyl groups is 1. The molecule has 2 unspecified atom stereocenters. The van der Waals surface area contributed by atoms with Gasteiger partial charge in [-0.15, -0.1) is 10.2 Å². The lowest BCUT2D eigenvalue weighted by molar-refractivity contribution is -0.902. The molecule has 154 valence electrons. The lowest BCUT2D eigenvalue weighted by atomic mass is 9.93. The van der Waals surface area contributed by atoms with Crippen LogP contribution < -0.4 is 5.32 Å². The van der Waals surface area contributed by atoms with Gasteiger partial charge in [-0.3, -0.25) is 4.79 Å².